The average Bonchev–Trinajstić information content (AvgIpc) is 3.31. The standard InChI is InChI=1S/C26H32N4O4S.C26H32N4O/c1-20(31)34-24-12-10-21(11-13-24)6-4-9-26-28-16-14-25(29-26)23-8-3-7-22(18-23)19-30(17-5-15-27)35(2,32)33;1-19-20(2)30(16-15-27-19)18-22-6-3-7-23(17-22)25-13-14-28-26(29-25)8-4-5-21-9-11-24(31)12-10-21/h3,7-8,10-14,16,18H,4-6,9,15,17,19,27H2,1-2H3;3,6-7,9-14,17,19-20,27,31H,4-5,8,15-16,18H2,1-2H3. The molecule has 0 radical (unpaired) electrons. The molecule has 2 atom stereocenters. The number of carbonyl (C=O) groups excluding carboxylic acids is 1. The van der Waals surface area contributed by atoms with Gasteiger partial charge in [0.2, 0.25) is 10.0 Å². The molecule has 1 fully saturated rings. The Kier molecular flexibility index (Phi) is 18.4. The number of carbonyl (C=O) groups is 1. The number of nitrogens with one attached hydrogen (secondary N) is 1. The number of aryl methyl sites for hydroxylation is 4. The summed E-state index contributed by atoms with van der Waals surface area (Å²) in [4.78, 5) is 32.0. The molecule has 1 aliphatic rings. The SMILES string of the molecule is CC(=O)Oc1ccc(CCCc2nccc(-c3cccc(CN(CCCN)S(C)(=O)=O)c3)n2)cc1.CC1NCCN(Cc2cccc(-c3ccnc(CCCc4ccc(O)cc4)n3)c2)C1C. The fourth-order valence-corrected chi connectivity index (χ4v) is 8.73. The number of benzene rings is 4. The normalized spacial score (nSPS) is 15.2. The van der Waals surface area contributed by atoms with Crippen LogP contribution in [0, 0.1) is 0 Å². The Bertz CT molecular complexity index is 2580. The van der Waals surface area contributed by atoms with Gasteiger partial charge in [0.1, 0.15) is 23.1 Å². The molecule has 0 spiro atoms. The van der Waals surface area contributed by atoms with Crippen molar-refractivity contribution in [1.29, 1.82) is 0 Å². The van der Waals surface area contributed by atoms with Gasteiger partial charge in [0.15, 0.2) is 0 Å². The van der Waals surface area contributed by atoms with Gasteiger partial charge in [-0.05, 0) is 123 Å². The van der Waals surface area contributed by atoms with E-state index in [1.165, 1.54) is 28.6 Å². The first kappa shape index (κ1) is 49.5. The van der Waals surface area contributed by atoms with Crippen LogP contribution in [0.2, 0.25) is 0 Å². The molecule has 66 heavy (non-hydrogen) atoms. The van der Waals surface area contributed by atoms with Gasteiger partial charge in [-0.2, -0.15) is 4.31 Å². The first-order valence-corrected chi connectivity index (χ1v) is 24.7. The number of hydrogen-bond donors (Lipinski definition) is 3. The van der Waals surface area contributed by atoms with E-state index in [1.807, 2.05) is 66.9 Å². The fraction of sp³-hybridized carbons (Fsp3) is 0.365. The van der Waals surface area contributed by atoms with Gasteiger partial charge in [-0.1, -0.05) is 60.7 Å². The number of esters is 1. The van der Waals surface area contributed by atoms with E-state index in [9.17, 15) is 18.3 Å². The van der Waals surface area contributed by atoms with Crippen LogP contribution in [0.3, 0.4) is 0 Å². The van der Waals surface area contributed by atoms with Crippen LogP contribution in [0.1, 0.15) is 73.9 Å². The number of sulfonamides is 1. The summed E-state index contributed by atoms with van der Waals surface area (Å²) < 4.78 is 30.8. The topological polar surface area (TPSA) is 177 Å². The molecule has 2 unspecified atom stereocenters. The monoisotopic (exact) mass is 912 g/mol. The lowest BCUT2D eigenvalue weighted by Gasteiger charge is -2.38. The number of aromatic nitrogens is 4. The summed E-state index contributed by atoms with van der Waals surface area (Å²) in [6.45, 7) is 10.2. The van der Waals surface area contributed by atoms with E-state index in [0.717, 1.165) is 103 Å². The molecule has 0 saturated carbocycles. The van der Waals surface area contributed by atoms with Gasteiger partial charge in [-0.15, -0.1) is 0 Å². The molecule has 4 N–H and O–H groups in total. The summed E-state index contributed by atoms with van der Waals surface area (Å²) >= 11 is 0. The molecule has 1 saturated heterocycles. The van der Waals surface area contributed by atoms with Crippen molar-refractivity contribution in [3.05, 3.63) is 155 Å². The van der Waals surface area contributed by atoms with E-state index in [2.05, 4.69) is 58.3 Å². The first-order chi connectivity index (χ1) is 31.8. The lowest BCUT2D eigenvalue weighted by molar-refractivity contribution is -0.131. The van der Waals surface area contributed by atoms with Crippen LogP contribution in [0.5, 0.6) is 11.5 Å². The molecule has 0 bridgehead atoms. The van der Waals surface area contributed by atoms with Gasteiger partial charge in [-0.25, -0.2) is 28.4 Å². The Morgan fingerprint density at radius 1 is 0.773 bits per heavy atom. The molecule has 1 aliphatic heterocycles. The molecule has 7 rings (SSSR count). The van der Waals surface area contributed by atoms with Crippen LogP contribution in [0.4, 0.5) is 0 Å². The molecular weight excluding hydrogens is 849 g/mol. The van der Waals surface area contributed by atoms with Crippen LogP contribution in [0.25, 0.3) is 22.5 Å². The van der Waals surface area contributed by atoms with Gasteiger partial charge in [0.05, 0.1) is 17.6 Å². The second-order valence-electron chi connectivity index (χ2n) is 16.9. The predicted molar refractivity (Wildman–Crippen MR) is 261 cm³/mol. The van der Waals surface area contributed by atoms with E-state index in [-0.39, 0.29) is 5.97 Å². The number of nitrogens with two attached hydrogens (primary N) is 1. The third-order valence-corrected chi connectivity index (χ3v) is 12.9. The van der Waals surface area contributed by atoms with Crippen molar-refractivity contribution in [2.24, 2.45) is 5.73 Å². The van der Waals surface area contributed by atoms with Crippen LogP contribution in [-0.4, -0.2) is 93.2 Å². The van der Waals surface area contributed by atoms with Crippen molar-refractivity contribution >= 4 is 16.0 Å². The lowest BCUT2D eigenvalue weighted by Crippen LogP contribution is -2.54. The summed E-state index contributed by atoms with van der Waals surface area (Å²) in [5.74, 6) is 2.15. The largest absolute Gasteiger partial charge is 0.508 e. The highest BCUT2D eigenvalue weighted by Gasteiger charge is 2.24. The Morgan fingerprint density at radius 3 is 1.89 bits per heavy atom. The van der Waals surface area contributed by atoms with Gasteiger partial charge >= 0.3 is 5.97 Å². The first-order valence-electron chi connectivity index (χ1n) is 22.8. The van der Waals surface area contributed by atoms with Crippen molar-refractivity contribution < 1.29 is 23.1 Å². The van der Waals surface area contributed by atoms with E-state index in [4.69, 9.17) is 20.4 Å². The highest BCUT2D eigenvalue weighted by Crippen LogP contribution is 2.23. The predicted octanol–water partition coefficient (Wildman–Crippen LogP) is 7.56. The van der Waals surface area contributed by atoms with E-state index >= 15 is 0 Å². The van der Waals surface area contributed by atoms with Crippen LogP contribution in [-0.2, 0) is 53.6 Å². The zero-order chi connectivity index (χ0) is 46.9. The third-order valence-electron chi connectivity index (χ3n) is 11.7. The molecule has 2 aromatic heterocycles. The average molecular weight is 913 g/mol. The van der Waals surface area contributed by atoms with Crippen LogP contribution in [0.15, 0.2) is 122 Å². The molecule has 348 valence electrons. The zero-order valence-corrected chi connectivity index (χ0v) is 39.5. The number of aromatic hydroxyl groups is 1. The number of hydrogen-bond acceptors (Lipinski definition) is 12. The Hall–Kier alpha value is -5.90. The summed E-state index contributed by atoms with van der Waals surface area (Å²) in [7, 11) is -3.33. The van der Waals surface area contributed by atoms with E-state index in [1.54, 1.807) is 30.5 Å². The molecule has 4 aromatic carbocycles. The van der Waals surface area contributed by atoms with E-state index in [0.29, 0.717) is 49.6 Å². The van der Waals surface area contributed by atoms with Gasteiger partial charge in [-0.3, -0.25) is 9.69 Å². The quantitative estimate of drug-likeness (QED) is 0.0538. The minimum atomic E-state index is -3.33. The summed E-state index contributed by atoms with van der Waals surface area (Å²) in [5, 5.41) is 13.0. The van der Waals surface area contributed by atoms with Crippen molar-refractivity contribution in [1.82, 2.24) is 34.5 Å². The second kappa shape index (κ2) is 24.6. The summed E-state index contributed by atoms with van der Waals surface area (Å²) in [5.41, 5.74) is 14.0. The number of phenolic OH excluding ortho intramolecular Hbond substituents is 1. The fourth-order valence-electron chi connectivity index (χ4n) is 7.89. The molecule has 6 aromatic rings. The second-order valence-corrected chi connectivity index (χ2v) is 18.9. The van der Waals surface area contributed by atoms with E-state index < -0.39 is 10.0 Å². The number of piperazine rings is 1. The Morgan fingerprint density at radius 2 is 1.33 bits per heavy atom. The Labute approximate surface area is 390 Å². The number of nitrogens with zero attached hydrogens (tertiary/aromatic N) is 6. The van der Waals surface area contributed by atoms with Gasteiger partial charge in [0, 0.05) is 88.1 Å². The molecule has 13 nitrogen and oxygen atoms in total. The third kappa shape index (κ3) is 15.6. The summed E-state index contributed by atoms with van der Waals surface area (Å²) in [6.07, 6.45) is 10.7. The maximum Gasteiger partial charge on any atom is 0.308 e. The smallest absolute Gasteiger partial charge is 0.308 e. The number of rotatable bonds is 19. The zero-order valence-electron chi connectivity index (χ0n) is 38.6. The van der Waals surface area contributed by atoms with Crippen molar-refractivity contribution in [2.45, 2.75) is 90.9 Å². The maximum absolute atomic E-state index is 12.1. The van der Waals surface area contributed by atoms with Crippen molar-refractivity contribution in [2.75, 3.05) is 32.4 Å². The minimum Gasteiger partial charge on any atom is -0.508 e. The lowest BCUT2D eigenvalue weighted by atomic mass is 10.0. The number of ether oxygens (including phenoxy) is 1. The highest BCUT2D eigenvalue weighted by molar-refractivity contribution is 7.88. The minimum absolute atomic E-state index is 0.293. The van der Waals surface area contributed by atoms with Gasteiger partial charge < -0.3 is 20.9 Å². The summed E-state index contributed by atoms with van der Waals surface area (Å²) in [6, 6.07) is 36.3. The van der Waals surface area contributed by atoms with Crippen molar-refractivity contribution in [3.8, 4) is 34.0 Å². The molecule has 14 heteroatoms. The van der Waals surface area contributed by atoms with Crippen molar-refractivity contribution in [3.63, 3.8) is 0 Å². The molecule has 0 aliphatic carbocycles. The van der Waals surface area contributed by atoms with Crippen LogP contribution >= 0.6 is 0 Å². The highest BCUT2D eigenvalue weighted by atomic mass is 32.2. The molecule has 3 heterocycles. The Balaban J connectivity index is 0.000000220. The number of phenols is 1. The van der Waals surface area contributed by atoms with Gasteiger partial charge in [0.25, 0.3) is 0 Å². The maximum atomic E-state index is 12.1. The molecule has 0 amide bonds. The van der Waals surface area contributed by atoms with Crippen LogP contribution < -0.4 is 15.8 Å². The molecular formula is C52H64N8O5S.